The van der Waals surface area contributed by atoms with E-state index in [1.165, 1.54) is 6.07 Å². The minimum Gasteiger partial charge on any atom is -0.376 e. The van der Waals surface area contributed by atoms with Gasteiger partial charge in [-0.25, -0.2) is 0 Å². The summed E-state index contributed by atoms with van der Waals surface area (Å²) in [4.78, 5) is 9.44. The van der Waals surface area contributed by atoms with Gasteiger partial charge in [-0.3, -0.25) is 10.1 Å². The Morgan fingerprint density at radius 2 is 2.29 bits per heavy atom. The molecular weight excluding hydrogens is 189 g/mol. The maximum absolute atomic E-state index is 12.8. The van der Waals surface area contributed by atoms with Gasteiger partial charge in [0, 0.05) is 6.07 Å². The van der Waals surface area contributed by atoms with Crippen molar-refractivity contribution in [3.8, 4) is 12.3 Å². The van der Waals surface area contributed by atoms with E-state index in [0.29, 0.717) is 0 Å². The zero-order valence-electron chi connectivity index (χ0n) is 6.98. The van der Waals surface area contributed by atoms with Crippen LogP contribution in [-0.4, -0.2) is 10.0 Å². The number of terminal acetylenes is 1. The lowest BCUT2D eigenvalue weighted by atomic mass is 10.1. The quantitative estimate of drug-likeness (QED) is 0.440. The molecule has 5 heteroatoms. The molecule has 0 bridgehead atoms. The van der Waals surface area contributed by atoms with Gasteiger partial charge in [0.1, 0.15) is 6.10 Å². The van der Waals surface area contributed by atoms with E-state index in [1.807, 2.05) is 5.92 Å². The number of hydrogen-bond donors (Lipinski definition) is 1. The van der Waals surface area contributed by atoms with Gasteiger partial charge in [-0.05, 0) is 11.6 Å². The van der Waals surface area contributed by atoms with Crippen LogP contribution in [0.2, 0.25) is 0 Å². The van der Waals surface area contributed by atoms with Crippen molar-refractivity contribution in [1.82, 2.24) is 0 Å². The van der Waals surface area contributed by atoms with Crippen molar-refractivity contribution >= 4 is 5.69 Å². The van der Waals surface area contributed by atoms with Gasteiger partial charge in [-0.15, -0.1) is 6.42 Å². The monoisotopic (exact) mass is 195 g/mol. The minimum absolute atomic E-state index is 0.126. The Morgan fingerprint density at radius 1 is 1.64 bits per heavy atom. The van der Waals surface area contributed by atoms with Crippen LogP contribution in [0.4, 0.5) is 10.1 Å². The van der Waals surface area contributed by atoms with Crippen molar-refractivity contribution in [2.75, 3.05) is 0 Å². The highest BCUT2D eigenvalue weighted by Gasteiger charge is 2.16. The molecular formula is C9H6FNO3. The van der Waals surface area contributed by atoms with Crippen molar-refractivity contribution in [3.63, 3.8) is 0 Å². The first kappa shape index (κ1) is 10.2. The Labute approximate surface area is 79.1 Å². The molecule has 1 atom stereocenters. The molecule has 4 nitrogen and oxygen atoms in total. The molecule has 0 aromatic heterocycles. The molecule has 0 aliphatic rings. The van der Waals surface area contributed by atoms with Crippen LogP contribution in [0, 0.1) is 28.3 Å². The second-order valence-corrected chi connectivity index (χ2v) is 2.54. The molecule has 0 heterocycles. The van der Waals surface area contributed by atoms with E-state index in [-0.39, 0.29) is 5.56 Å². The summed E-state index contributed by atoms with van der Waals surface area (Å²) in [6.07, 6.45) is 3.65. The molecule has 0 spiro atoms. The van der Waals surface area contributed by atoms with E-state index >= 15 is 0 Å². The van der Waals surface area contributed by atoms with Crippen molar-refractivity contribution in [3.05, 3.63) is 39.7 Å². The summed E-state index contributed by atoms with van der Waals surface area (Å²) >= 11 is 0. The molecule has 1 rings (SSSR count). The summed E-state index contributed by atoms with van der Waals surface area (Å²) < 4.78 is 12.8. The minimum atomic E-state index is -1.26. The number of hydrogen-bond acceptors (Lipinski definition) is 3. The third-order valence-electron chi connectivity index (χ3n) is 1.64. The third-order valence-corrected chi connectivity index (χ3v) is 1.64. The maximum Gasteiger partial charge on any atom is 0.305 e. The zero-order valence-corrected chi connectivity index (χ0v) is 6.98. The van der Waals surface area contributed by atoms with Crippen LogP contribution in [-0.2, 0) is 0 Å². The molecule has 0 radical (unpaired) electrons. The van der Waals surface area contributed by atoms with Gasteiger partial charge in [-0.2, -0.15) is 4.39 Å². The van der Waals surface area contributed by atoms with Crippen LogP contribution in [0.5, 0.6) is 0 Å². The van der Waals surface area contributed by atoms with Crippen LogP contribution in [0.15, 0.2) is 18.2 Å². The van der Waals surface area contributed by atoms with E-state index in [2.05, 4.69) is 0 Å². The Kier molecular flexibility index (Phi) is 2.79. The van der Waals surface area contributed by atoms with E-state index < -0.39 is 22.5 Å². The fourth-order valence-electron chi connectivity index (χ4n) is 0.936. The first-order chi connectivity index (χ1) is 6.56. The van der Waals surface area contributed by atoms with Crippen LogP contribution >= 0.6 is 0 Å². The van der Waals surface area contributed by atoms with Gasteiger partial charge in [0.2, 0.25) is 5.82 Å². The van der Waals surface area contributed by atoms with Crippen molar-refractivity contribution in [2.45, 2.75) is 6.10 Å². The van der Waals surface area contributed by atoms with E-state index in [9.17, 15) is 14.5 Å². The topological polar surface area (TPSA) is 63.4 Å². The molecule has 0 aliphatic heterocycles. The summed E-state index contributed by atoms with van der Waals surface area (Å²) in [5.41, 5.74) is -0.572. The molecule has 0 fully saturated rings. The Morgan fingerprint density at radius 3 is 2.79 bits per heavy atom. The van der Waals surface area contributed by atoms with Gasteiger partial charge in [0.25, 0.3) is 0 Å². The van der Waals surface area contributed by atoms with Crippen molar-refractivity contribution < 1.29 is 14.4 Å². The van der Waals surface area contributed by atoms with Gasteiger partial charge in [-0.1, -0.05) is 12.0 Å². The van der Waals surface area contributed by atoms with Crippen LogP contribution in [0.1, 0.15) is 11.7 Å². The Hall–Kier alpha value is -1.93. The third kappa shape index (κ3) is 1.87. The summed E-state index contributed by atoms with van der Waals surface area (Å²) in [7, 11) is 0. The molecule has 0 aliphatic carbocycles. The van der Waals surface area contributed by atoms with Gasteiger partial charge < -0.3 is 5.11 Å². The molecule has 0 saturated heterocycles. The number of benzene rings is 1. The predicted octanol–water partition coefficient (Wildman–Crippen LogP) is 1.40. The van der Waals surface area contributed by atoms with Crippen LogP contribution < -0.4 is 0 Å². The van der Waals surface area contributed by atoms with Crippen LogP contribution in [0.3, 0.4) is 0 Å². The number of aliphatic hydroxyl groups excluding tert-OH is 1. The van der Waals surface area contributed by atoms with E-state index in [0.717, 1.165) is 12.1 Å². The lowest BCUT2D eigenvalue weighted by Gasteiger charge is -2.02. The molecule has 1 aromatic rings. The normalized spacial score (nSPS) is 11.8. The van der Waals surface area contributed by atoms with Gasteiger partial charge in [0.05, 0.1) is 4.92 Å². The van der Waals surface area contributed by atoms with Gasteiger partial charge in [0.15, 0.2) is 0 Å². The molecule has 1 N–H and O–H groups in total. The summed E-state index contributed by atoms with van der Waals surface area (Å²) in [5.74, 6) is 1.02. The summed E-state index contributed by atoms with van der Waals surface area (Å²) in [6.45, 7) is 0. The number of aliphatic hydroxyl groups is 1. The number of halogens is 1. The maximum atomic E-state index is 12.8. The predicted molar refractivity (Wildman–Crippen MR) is 46.8 cm³/mol. The average molecular weight is 195 g/mol. The van der Waals surface area contributed by atoms with Gasteiger partial charge >= 0.3 is 5.69 Å². The largest absolute Gasteiger partial charge is 0.376 e. The molecule has 1 aromatic carbocycles. The molecule has 0 saturated carbocycles. The lowest BCUT2D eigenvalue weighted by Crippen LogP contribution is -1.98. The average Bonchev–Trinajstić information content (AvgIpc) is 2.17. The van der Waals surface area contributed by atoms with Crippen molar-refractivity contribution in [1.29, 1.82) is 0 Å². The number of rotatable bonds is 2. The van der Waals surface area contributed by atoms with E-state index in [4.69, 9.17) is 11.5 Å². The highest BCUT2D eigenvalue weighted by molar-refractivity contribution is 5.38. The SMILES string of the molecule is C#CC(O)c1ccc(F)c([N+](=O)[O-])c1. The lowest BCUT2D eigenvalue weighted by molar-refractivity contribution is -0.387. The number of nitro benzene ring substituents is 1. The van der Waals surface area contributed by atoms with Crippen molar-refractivity contribution in [2.24, 2.45) is 0 Å². The molecule has 1 unspecified atom stereocenters. The Balaban J connectivity index is 3.21. The number of nitro groups is 1. The molecule has 14 heavy (non-hydrogen) atoms. The zero-order chi connectivity index (χ0) is 10.7. The standard InChI is InChI=1S/C9H6FNO3/c1-2-9(12)6-3-4-7(10)8(5-6)11(13)14/h1,3-5,9,12H. The number of nitrogens with zero attached hydrogens (tertiary/aromatic N) is 1. The first-order valence-electron chi connectivity index (χ1n) is 3.64. The fourth-order valence-corrected chi connectivity index (χ4v) is 0.936. The summed E-state index contributed by atoms with van der Waals surface area (Å²) in [6, 6.07) is 3.01. The first-order valence-corrected chi connectivity index (χ1v) is 3.64. The van der Waals surface area contributed by atoms with E-state index in [1.54, 1.807) is 0 Å². The van der Waals surface area contributed by atoms with Crippen LogP contribution in [0.25, 0.3) is 0 Å². The molecule has 72 valence electrons. The second kappa shape index (κ2) is 3.85. The second-order valence-electron chi connectivity index (χ2n) is 2.54. The smallest absolute Gasteiger partial charge is 0.305 e. The fraction of sp³-hybridized carbons (Fsp3) is 0.111. The summed E-state index contributed by atoms with van der Waals surface area (Å²) in [5, 5.41) is 19.5. The molecule has 0 amide bonds. The highest BCUT2D eigenvalue weighted by Crippen LogP contribution is 2.22. The highest BCUT2D eigenvalue weighted by atomic mass is 19.1. The Bertz CT molecular complexity index is 411.